The van der Waals surface area contributed by atoms with Crippen molar-refractivity contribution in [2.24, 2.45) is 5.92 Å². The molecule has 0 fully saturated rings. The van der Waals surface area contributed by atoms with Crippen LogP contribution in [0.25, 0.3) is 0 Å². The lowest BCUT2D eigenvalue weighted by atomic mass is 9.99. The van der Waals surface area contributed by atoms with E-state index in [2.05, 4.69) is 40.4 Å². The summed E-state index contributed by atoms with van der Waals surface area (Å²) in [5, 5.41) is 5.38. The third-order valence-electron chi connectivity index (χ3n) is 3.74. The van der Waals surface area contributed by atoms with Gasteiger partial charge >= 0.3 is 11.8 Å². The second-order valence-corrected chi connectivity index (χ2v) is 6.46. The first kappa shape index (κ1) is 18.7. The number of anilines is 1. The van der Waals surface area contributed by atoms with Gasteiger partial charge in [0.05, 0.1) is 0 Å². The summed E-state index contributed by atoms with van der Waals surface area (Å²) in [5.41, 5.74) is 1.56. The molecule has 0 radical (unpaired) electrons. The number of hydrogen-bond donors (Lipinski definition) is 2. The number of unbranched alkanes of at least 4 members (excludes halogenated alkanes) is 1. The first-order valence-corrected chi connectivity index (χ1v) is 8.62. The molecule has 0 aliphatic heterocycles. The molecule has 1 rings (SSSR count). The Morgan fingerprint density at radius 1 is 1.23 bits per heavy atom. The van der Waals surface area contributed by atoms with Crippen molar-refractivity contribution in [1.29, 1.82) is 0 Å². The molecule has 22 heavy (non-hydrogen) atoms. The highest BCUT2D eigenvalue weighted by atomic mass is 79.9. The first-order valence-electron chi connectivity index (χ1n) is 7.83. The fraction of sp³-hybridized carbons (Fsp3) is 0.529. The van der Waals surface area contributed by atoms with Gasteiger partial charge < -0.3 is 10.6 Å². The maximum atomic E-state index is 11.9. The Labute approximate surface area is 141 Å². The summed E-state index contributed by atoms with van der Waals surface area (Å²) in [7, 11) is 0. The molecule has 122 valence electrons. The summed E-state index contributed by atoms with van der Waals surface area (Å²) in [6.07, 6.45) is 4.39. The fourth-order valence-electron chi connectivity index (χ4n) is 2.21. The summed E-state index contributed by atoms with van der Waals surface area (Å²) in [4.78, 5) is 23.8. The number of benzene rings is 1. The molecule has 0 aliphatic rings. The summed E-state index contributed by atoms with van der Waals surface area (Å²) in [6.45, 7) is 6.70. The van der Waals surface area contributed by atoms with Crippen LogP contribution in [0, 0.1) is 12.8 Å². The zero-order valence-corrected chi connectivity index (χ0v) is 15.1. The van der Waals surface area contributed by atoms with Crippen LogP contribution in [-0.2, 0) is 9.59 Å². The number of nitrogens with one attached hydrogen (secondary N) is 2. The molecule has 0 bridgehead atoms. The highest BCUT2D eigenvalue weighted by Crippen LogP contribution is 2.19. The maximum absolute atomic E-state index is 11.9. The van der Waals surface area contributed by atoms with Crippen LogP contribution in [0.3, 0.4) is 0 Å². The Morgan fingerprint density at radius 2 is 1.95 bits per heavy atom. The third-order valence-corrected chi connectivity index (χ3v) is 4.23. The van der Waals surface area contributed by atoms with Crippen LogP contribution in [0.2, 0.25) is 0 Å². The minimum Gasteiger partial charge on any atom is -0.348 e. The summed E-state index contributed by atoms with van der Waals surface area (Å²) < 4.78 is 0.939. The molecule has 0 heterocycles. The Kier molecular flexibility index (Phi) is 8.17. The minimum absolute atomic E-state index is 0.436. The van der Waals surface area contributed by atoms with Crippen molar-refractivity contribution < 1.29 is 9.59 Å². The Balaban J connectivity index is 2.49. The van der Waals surface area contributed by atoms with Gasteiger partial charge in [0.15, 0.2) is 0 Å². The molecule has 0 unspecified atom stereocenters. The minimum atomic E-state index is -0.615. The second kappa shape index (κ2) is 9.62. The summed E-state index contributed by atoms with van der Waals surface area (Å²) in [5.74, 6) is -0.751. The smallest absolute Gasteiger partial charge is 0.313 e. The third kappa shape index (κ3) is 6.18. The molecule has 2 N–H and O–H groups in total. The summed E-state index contributed by atoms with van der Waals surface area (Å²) in [6, 6.07) is 5.50. The average Bonchev–Trinajstić information content (AvgIpc) is 2.49. The van der Waals surface area contributed by atoms with Crippen molar-refractivity contribution in [3.63, 3.8) is 0 Å². The van der Waals surface area contributed by atoms with E-state index in [0.717, 1.165) is 35.7 Å². The van der Waals surface area contributed by atoms with E-state index in [9.17, 15) is 9.59 Å². The molecular weight excluding hydrogens is 344 g/mol. The van der Waals surface area contributed by atoms with Crippen LogP contribution in [0.1, 0.15) is 45.1 Å². The van der Waals surface area contributed by atoms with Gasteiger partial charge in [0.25, 0.3) is 0 Å². The van der Waals surface area contributed by atoms with E-state index < -0.39 is 11.8 Å². The van der Waals surface area contributed by atoms with Gasteiger partial charge in [0.2, 0.25) is 0 Å². The van der Waals surface area contributed by atoms with Crippen LogP contribution in [-0.4, -0.2) is 18.4 Å². The molecule has 1 aromatic carbocycles. The van der Waals surface area contributed by atoms with Gasteiger partial charge in [-0.3, -0.25) is 9.59 Å². The number of carbonyl (C=O) groups is 2. The van der Waals surface area contributed by atoms with Crippen LogP contribution in [0.5, 0.6) is 0 Å². The van der Waals surface area contributed by atoms with Gasteiger partial charge in [-0.05, 0) is 43.0 Å². The van der Waals surface area contributed by atoms with Gasteiger partial charge in [0.1, 0.15) is 0 Å². The number of rotatable bonds is 7. The van der Waals surface area contributed by atoms with Gasteiger partial charge in [-0.1, -0.05) is 49.0 Å². The lowest BCUT2D eigenvalue weighted by Crippen LogP contribution is -2.38. The maximum Gasteiger partial charge on any atom is 0.313 e. The van der Waals surface area contributed by atoms with E-state index in [0.29, 0.717) is 18.2 Å². The van der Waals surface area contributed by atoms with Crippen molar-refractivity contribution in [3.05, 3.63) is 28.2 Å². The number of halogens is 1. The van der Waals surface area contributed by atoms with Crippen LogP contribution >= 0.6 is 15.9 Å². The number of amides is 2. The number of hydrogen-bond acceptors (Lipinski definition) is 2. The molecule has 0 saturated carbocycles. The zero-order chi connectivity index (χ0) is 16.5. The predicted molar refractivity (Wildman–Crippen MR) is 93.8 cm³/mol. The van der Waals surface area contributed by atoms with Crippen molar-refractivity contribution >= 4 is 33.4 Å². The second-order valence-electron chi connectivity index (χ2n) is 5.54. The lowest BCUT2D eigenvalue weighted by molar-refractivity contribution is -0.136. The molecular formula is C17H25BrN2O2. The predicted octanol–water partition coefficient (Wildman–Crippen LogP) is 4.03. The van der Waals surface area contributed by atoms with Crippen LogP contribution < -0.4 is 10.6 Å². The van der Waals surface area contributed by atoms with Crippen LogP contribution in [0.15, 0.2) is 22.7 Å². The molecule has 2 amide bonds. The topological polar surface area (TPSA) is 58.2 Å². The monoisotopic (exact) mass is 368 g/mol. The SMILES string of the molecule is CCCC[C@@H](CC)CNC(=O)C(=O)Nc1ccc(Br)cc1C. The quantitative estimate of drug-likeness (QED) is 0.713. The van der Waals surface area contributed by atoms with Crippen molar-refractivity contribution in [3.8, 4) is 0 Å². The van der Waals surface area contributed by atoms with Crippen molar-refractivity contribution in [1.82, 2.24) is 5.32 Å². The first-order chi connectivity index (χ1) is 10.5. The highest BCUT2D eigenvalue weighted by Gasteiger charge is 2.16. The van der Waals surface area contributed by atoms with Gasteiger partial charge in [-0.25, -0.2) is 0 Å². The Morgan fingerprint density at radius 3 is 2.55 bits per heavy atom. The molecule has 0 aliphatic carbocycles. The zero-order valence-electron chi connectivity index (χ0n) is 13.5. The summed E-state index contributed by atoms with van der Waals surface area (Å²) >= 11 is 3.37. The molecule has 1 atom stereocenters. The van der Waals surface area contributed by atoms with E-state index in [4.69, 9.17) is 0 Å². The largest absolute Gasteiger partial charge is 0.348 e. The molecule has 4 nitrogen and oxygen atoms in total. The van der Waals surface area contributed by atoms with E-state index >= 15 is 0 Å². The Bertz CT molecular complexity index is 517. The molecule has 0 saturated heterocycles. The highest BCUT2D eigenvalue weighted by molar-refractivity contribution is 9.10. The molecule has 1 aromatic rings. The van der Waals surface area contributed by atoms with Crippen molar-refractivity contribution in [2.45, 2.75) is 46.5 Å². The van der Waals surface area contributed by atoms with Gasteiger partial charge in [-0.15, -0.1) is 0 Å². The van der Waals surface area contributed by atoms with Crippen molar-refractivity contribution in [2.75, 3.05) is 11.9 Å². The standard InChI is InChI=1S/C17H25BrN2O2/c1-4-6-7-13(5-2)11-19-16(21)17(22)20-15-9-8-14(18)10-12(15)3/h8-10,13H,4-7,11H2,1-3H3,(H,19,21)(H,20,22)/t13-/m1/s1. The van der Waals surface area contributed by atoms with Crippen LogP contribution in [0.4, 0.5) is 5.69 Å². The fourth-order valence-corrected chi connectivity index (χ4v) is 2.68. The van der Waals surface area contributed by atoms with Gasteiger partial charge in [-0.2, -0.15) is 0 Å². The molecule has 5 heteroatoms. The van der Waals surface area contributed by atoms with E-state index in [1.165, 1.54) is 0 Å². The molecule has 0 spiro atoms. The van der Waals surface area contributed by atoms with E-state index in [1.54, 1.807) is 6.07 Å². The number of aryl methyl sites for hydroxylation is 1. The Hall–Kier alpha value is -1.36. The lowest BCUT2D eigenvalue weighted by Gasteiger charge is -2.15. The normalized spacial score (nSPS) is 11.8. The van der Waals surface area contributed by atoms with E-state index in [1.807, 2.05) is 19.1 Å². The van der Waals surface area contributed by atoms with E-state index in [-0.39, 0.29) is 0 Å². The molecule has 0 aromatic heterocycles. The number of carbonyl (C=O) groups excluding carboxylic acids is 2. The average molecular weight is 369 g/mol. The van der Waals surface area contributed by atoms with Gasteiger partial charge in [0, 0.05) is 16.7 Å².